The molecule has 1 aromatic heterocycles. The Morgan fingerprint density at radius 2 is 1.94 bits per heavy atom. The standard InChI is InChI=1S/C28H27BrN2O4/c1-17(2)16-35-22-9-10-23(18(3)12-22)26(32)24-25(20-7-4-8-21(29)13-20)31(28(34)27(24)33)15-19-6-5-11-30-14-19/h4-14,17,25,32H,15-16H2,1-3H3/b26-24+/t25-/m1/s1. The number of aliphatic hydroxyl groups is 1. The van der Waals surface area contributed by atoms with Crippen molar-refractivity contribution in [2.75, 3.05) is 6.61 Å². The van der Waals surface area contributed by atoms with Crippen molar-refractivity contribution < 1.29 is 19.4 Å². The molecule has 180 valence electrons. The molecule has 0 unspecified atom stereocenters. The van der Waals surface area contributed by atoms with Crippen LogP contribution in [0.5, 0.6) is 5.75 Å². The molecule has 6 nitrogen and oxygen atoms in total. The third-order valence-corrected chi connectivity index (χ3v) is 6.31. The minimum Gasteiger partial charge on any atom is -0.507 e. The van der Waals surface area contributed by atoms with Crippen LogP contribution < -0.4 is 4.74 Å². The first-order valence-electron chi connectivity index (χ1n) is 11.4. The van der Waals surface area contributed by atoms with Crippen molar-refractivity contribution in [1.82, 2.24) is 9.88 Å². The number of ether oxygens (including phenoxy) is 1. The Labute approximate surface area is 213 Å². The van der Waals surface area contributed by atoms with Crippen molar-refractivity contribution >= 4 is 33.4 Å². The third-order valence-electron chi connectivity index (χ3n) is 5.82. The normalized spacial score (nSPS) is 17.3. The number of amides is 1. The number of hydrogen-bond donors (Lipinski definition) is 1. The lowest BCUT2D eigenvalue weighted by Crippen LogP contribution is -2.29. The molecule has 7 heteroatoms. The van der Waals surface area contributed by atoms with Crippen LogP contribution in [0.4, 0.5) is 0 Å². The fraction of sp³-hybridized carbons (Fsp3) is 0.250. The maximum atomic E-state index is 13.3. The highest BCUT2D eigenvalue weighted by molar-refractivity contribution is 9.10. The van der Waals surface area contributed by atoms with E-state index < -0.39 is 17.7 Å². The predicted octanol–water partition coefficient (Wildman–Crippen LogP) is 5.81. The molecule has 0 bridgehead atoms. The van der Waals surface area contributed by atoms with E-state index >= 15 is 0 Å². The molecule has 1 N–H and O–H groups in total. The molecule has 1 aliphatic heterocycles. The summed E-state index contributed by atoms with van der Waals surface area (Å²) >= 11 is 3.48. The molecule has 0 spiro atoms. The summed E-state index contributed by atoms with van der Waals surface area (Å²) in [5, 5.41) is 11.4. The molecule has 4 rings (SSSR count). The number of nitrogens with zero attached hydrogens (tertiary/aromatic N) is 2. The van der Waals surface area contributed by atoms with Crippen LogP contribution in [-0.4, -0.2) is 33.3 Å². The van der Waals surface area contributed by atoms with Gasteiger partial charge in [0.05, 0.1) is 18.2 Å². The van der Waals surface area contributed by atoms with E-state index in [2.05, 4.69) is 34.8 Å². The molecular formula is C28H27BrN2O4. The molecular weight excluding hydrogens is 508 g/mol. The quantitative estimate of drug-likeness (QED) is 0.235. The van der Waals surface area contributed by atoms with E-state index in [9.17, 15) is 14.7 Å². The van der Waals surface area contributed by atoms with Crippen LogP contribution in [0.25, 0.3) is 5.76 Å². The molecule has 2 aromatic carbocycles. The van der Waals surface area contributed by atoms with Crippen LogP contribution in [0, 0.1) is 12.8 Å². The zero-order valence-corrected chi connectivity index (χ0v) is 21.5. The summed E-state index contributed by atoms with van der Waals surface area (Å²) < 4.78 is 6.61. The lowest BCUT2D eigenvalue weighted by Gasteiger charge is -2.25. The van der Waals surface area contributed by atoms with Gasteiger partial charge in [-0.2, -0.15) is 0 Å². The molecule has 1 aliphatic rings. The van der Waals surface area contributed by atoms with Crippen molar-refractivity contribution in [2.45, 2.75) is 33.4 Å². The minimum absolute atomic E-state index is 0.0657. The summed E-state index contributed by atoms with van der Waals surface area (Å²) in [6.45, 7) is 6.75. The van der Waals surface area contributed by atoms with Gasteiger partial charge in [0.15, 0.2) is 0 Å². The largest absolute Gasteiger partial charge is 0.507 e. The molecule has 3 aromatic rings. The van der Waals surface area contributed by atoms with E-state index in [0.29, 0.717) is 23.8 Å². The van der Waals surface area contributed by atoms with Gasteiger partial charge < -0.3 is 14.7 Å². The molecule has 35 heavy (non-hydrogen) atoms. The highest BCUT2D eigenvalue weighted by Crippen LogP contribution is 2.41. The van der Waals surface area contributed by atoms with Crippen molar-refractivity contribution in [3.63, 3.8) is 0 Å². The molecule has 0 aliphatic carbocycles. The number of hydrogen-bond acceptors (Lipinski definition) is 5. The molecule has 1 saturated heterocycles. The lowest BCUT2D eigenvalue weighted by atomic mass is 9.94. The Bertz CT molecular complexity index is 1290. The Hall–Kier alpha value is -3.45. The minimum atomic E-state index is -0.746. The number of pyridine rings is 1. The van der Waals surface area contributed by atoms with Crippen LogP contribution >= 0.6 is 15.9 Å². The summed E-state index contributed by atoms with van der Waals surface area (Å²) in [6, 6.07) is 15.6. The smallest absolute Gasteiger partial charge is 0.295 e. The van der Waals surface area contributed by atoms with Gasteiger partial charge in [-0.05, 0) is 65.9 Å². The van der Waals surface area contributed by atoms with Crippen LogP contribution in [0.2, 0.25) is 0 Å². The topological polar surface area (TPSA) is 79.7 Å². The number of Topliss-reactive ketones (excluding diaryl/α,β-unsaturated/α-hetero) is 1. The zero-order valence-electron chi connectivity index (χ0n) is 19.9. The average Bonchev–Trinajstić information content (AvgIpc) is 3.08. The van der Waals surface area contributed by atoms with Crippen LogP contribution in [0.15, 0.2) is 77.0 Å². The zero-order chi connectivity index (χ0) is 25.1. The van der Waals surface area contributed by atoms with E-state index in [-0.39, 0.29) is 17.9 Å². The molecule has 0 radical (unpaired) electrons. The first-order chi connectivity index (χ1) is 16.8. The number of likely N-dealkylation sites (tertiary alicyclic amines) is 1. The van der Waals surface area contributed by atoms with Gasteiger partial charge in [-0.1, -0.05) is 48.0 Å². The number of ketones is 1. The number of carbonyl (C=O) groups is 2. The van der Waals surface area contributed by atoms with Gasteiger partial charge in [-0.25, -0.2) is 0 Å². The van der Waals surface area contributed by atoms with E-state index in [1.807, 2.05) is 43.3 Å². The van der Waals surface area contributed by atoms with Crippen molar-refractivity contribution in [3.8, 4) is 5.75 Å². The van der Waals surface area contributed by atoms with Crippen molar-refractivity contribution in [3.05, 3.63) is 99.3 Å². The number of carbonyl (C=O) groups excluding carboxylic acids is 2. The number of benzene rings is 2. The maximum Gasteiger partial charge on any atom is 0.295 e. The average molecular weight is 535 g/mol. The van der Waals surface area contributed by atoms with Crippen LogP contribution in [0.1, 0.15) is 42.1 Å². The van der Waals surface area contributed by atoms with E-state index in [1.165, 1.54) is 4.90 Å². The second kappa shape index (κ2) is 10.4. The second-order valence-electron chi connectivity index (χ2n) is 9.02. The summed E-state index contributed by atoms with van der Waals surface area (Å²) in [6.07, 6.45) is 3.32. The molecule has 1 atom stereocenters. The maximum absolute atomic E-state index is 13.3. The third kappa shape index (κ3) is 5.30. The lowest BCUT2D eigenvalue weighted by molar-refractivity contribution is -0.140. The van der Waals surface area contributed by atoms with Crippen molar-refractivity contribution in [2.24, 2.45) is 5.92 Å². The number of aliphatic hydroxyl groups excluding tert-OH is 1. The Morgan fingerprint density at radius 3 is 2.60 bits per heavy atom. The van der Waals surface area contributed by atoms with Gasteiger partial charge in [0.25, 0.3) is 11.7 Å². The van der Waals surface area contributed by atoms with Gasteiger partial charge in [-0.3, -0.25) is 14.6 Å². The first kappa shape index (κ1) is 24.7. The molecule has 1 fully saturated rings. The van der Waals surface area contributed by atoms with Gasteiger partial charge >= 0.3 is 0 Å². The number of aromatic nitrogens is 1. The summed E-state index contributed by atoms with van der Waals surface area (Å²) in [4.78, 5) is 32.1. The van der Waals surface area contributed by atoms with Crippen LogP contribution in [0.3, 0.4) is 0 Å². The predicted molar refractivity (Wildman–Crippen MR) is 138 cm³/mol. The SMILES string of the molecule is Cc1cc(OCC(C)C)ccc1/C(O)=C1\C(=O)C(=O)N(Cc2cccnc2)[C@@H]1c1cccc(Br)c1. The number of aryl methyl sites for hydroxylation is 1. The fourth-order valence-electron chi connectivity index (χ4n) is 4.15. The van der Waals surface area contributed by atoms with Gasteiger partial charge in [0.2, 0.25) is 0 Å². The van der Waals surface area contributed by atoms with Crippen LogP contribution in [-0.2, 0) is 16.1 Å². The van der Waals surface area contributed by atoms with E-state index in [0.717, 1.165) is 21.2 Å². The van der Waals surface area contributed by atoms with Crippen molar-refractivity contribution in [1.29, 1.82) is 0 Å². The summed E-state index contributed by atoms with van der Waals surface area (Å²) in [5.41, 5.74) is 2.81. The monoisotopic (exact) mass is 534 g/mol. The molecule has 0 saturated carbocycles. The Balaban J connectivity index is 1.80. The first-order valence-corrected chi connectivity index (χ1v) is 12.2. The van der Waals surface area contributed by atoms with Gasteiger partial charge in [0.1, 0.15) is 11.5 Å². The Morgan fingerprint density at radius 1 is 1.14 bits per heavy atom. The number of halogens is 1. The molecule has 2 heterocycles. The van der Waals surface area contributed by atoms with Gasteiger partial charge in [-0.15, -0.1) is 0 Å². The van der Waals surface area contributed by atoms with E-state index in [1.54, 1.807) is 30.6 Å². The summed E-state index contributed by atoms with van der Waals surface area (Å²) in [5.74, 6) is -0.501. The Kier molecular flexibility index (Phi) is 7.36. The summed E-state index contributed by atoms with van der Waals surface area (Å²) in [7, 11) is 0. The molecule has 1 amide bonds. The fourth-order valence-corrected chi connectivity index (χ4v) is 4.57. The second-order valence-corrected chi connectivity index (χ2v) is 9.94. The highest BCUT2D eigenvalue weighted by Gasteiger charge is 2.46. The van der Waals surface area contributed by atoms with Gasteiger partial charge in [0, 0.05) is 29.0 Å². The number of rotatable bonds is 7. The highest BCUT2D eigenvalue weighted by atomic mass is 79.9. The van der Waals surface area contributed by atoms with E-state index in [4.69, 9.17) is 4.74 Å².